The molecule has 0 fully saturated rings. The van der Waals surface area contributed by atoms with Crippen molar-refractivity contribution in [3.8, 4) is 5.75 Å². The number of halogens is 3. The Morgan fingerprint density at radius 1 is 1.26 bits per heavy atom. The van der Waals surface area contributed by atoms with E-state index in [9.17, 15) is 21.6 Å². The lowest BCUT2D eigenvalue weighted by Gasteiger charge is -2.15. The van der Waals surface area contributed by atoms with Crippen LogP contribution >= 0.6 is 0 Å². The molecule has 2 heterocycles. The Balaban J connectivity index is 2.04. The highest BCUT2D eigenvalue weighted by Crippen LogP contribution is 2.36. The van der Waals surface area contributed by atoms with Gasteiger partial charge in [-0.25, -0.2) is 13.4 Å². The lowest BCUT2D eigenvalue weighted by molar-refractivity contribution is -0.137. The number of nitrogens with one attached hydrogen (secondary N) is 2. The van der Waals surface area contributed by atoms with E-state index in [0.717, 1.165) is 18.2 Å². The van der Waals surface area contributed by atoms with E-state index in [2.05, 4.69) is 14.7 Å². The fourth-order valence-corrected chi connectivity index (χ4v) is 3.70. The van der Waals surface area contributed by atoms with Gasteiger partial charge in [0, 0.05) is 17.8 Å². The number of anilines is 1. The second-order valence-electron chi connectivity index (χ2n) is 5.72. The summed E-state index contributed by atoms with van der Waals surface area (Å²) in [4.78, 5) is 6.61. The van der Waals surface area contributed by atoms with Gasteiger partial charge in [-0.05, 0) is 36.8 Å². The molecule has 0 spiro atoms. The average molecular weight is 399 g/mol. The van der Waals surface area contributed by atoms with Crippen molar-refractivity contribution in [2.45, 2.75) is 24.4 Å². The number of hydrogen-bond acceptors (Lipinski definition) is 4. The Labute approximate surface area is 153 Å². The largest absolute Gasteiger partial charge is 0.491 e. The number of ether oxygens (including phenoxy) is 1. The van der Waals surface area contributed by atoms with Crippen molar-refractivity contribution in [1.82, 2.24) is 9.97 Å². The fraction of sp³-hybridized carbons (Fsp3) is 0.235. The summed E-state index contributed by atoms with van der Waals surface area (Å²) < 4.78 is 72.2. The van der Waals surface area contributed by atoms with Crippen LogP contribution in [0.3, 0.4) is 0 Å². The third-order valence-corrected chi connectivity index (χ3v) is 5.12. The van der Waals surface area contributed by atoms with Gasteiger partial charge in [-0.3, -0.25) is 4.72 Å². The highest BCUT2D eigenvalue weighted by Gasteiger charge is 2.32. The smallest absolute Gasteiger partial charge is 0.416 e. The second-order valence-corrected chi connectivity index (χ2v) is 7.37. The summed E-state index contributed by atoms with van der Waals surface area (Å²) in [5.41, 5.74) is -0.912. The first-order chi connectivity index (χ1) is 12.7. The van der Waals surface area contributed by atoms with Gasteiger partial charge in [0.1, 0.15) is 16.3 Å². The molecule has 0 bridgehead atoms. The summed E-state index contributed by atoms with van der Waals surface area (Å²) in [6.45, 7) is 2.06. The molecule has 0 aliphatic heterocycles. The second kappa shape index (κ2) is 7.10. The van der Waals surface area contributed by atoms with Crippen molar-refractivity contribution in [3.05, 3.63) is 48.3 Å². The summed E-state index contributed by atoms with van der Waals surface area (Å²) in [5, 5.41) is 0.327. The molecule has 0 atom stereocenters. The number of hydrogen-bond donors (Lipinski definition) is 2. The minimum Gasteiger partial charge on any atom is -0.491 e. The van der Waals surface area contributed by atoms with E-state index < -0.39 is 21.8 Å². The molecule has 3 aromatic rings. The zero-order valence-electron chi connectivity index (χ0n) is 14.2. The number of nitrogens with zero attached hydrogens (tertiary/aromatic N) is 1. The van der Waals surface area contributed by atoms with E-state index >= 15 is 0 Å². The quantitative estimate of drug-likeness (QED) is 0.652. The molecule has 0 saturated carbocycles. The van der Waals surface area contributed by atoms with Gasteiger partial charge in [0.15, 0.2) is 0 Å². The number of H-pyrrole nitrogens is 1. The van der Waals surface area contributed by atoms with Crippen molar-refractivity contribution in [1.29, 1.82) is 0 Å². The van der Waals surface area contributed by atoms with E-state index in [-0.39, 0.29) is 22.9 Å². The van der Waals surface area contributed by atoms with E-state index in [1.807, 2.05) is 6.92 Å². The van der Waals surface area contributed by atoms with Crippen LogP contribution in [0.4, 0.5) is 18.9 Å². The molecule has 144 valence electrons. The first-order valence-corrected chi connectivity index (χ1v) is 9.49. The van der Waals surface area contributed by atoms with Gasteiger partial charge in [-0.15, -0.1) is 0 Å². The molecule has 10 heteroatoms. The summed E-state index contributed by atoms with van der Waals surface area (Å²) in [7, 11) is -4.17. The number of benzene rings is 1. The van der Waals surface area contributed by atoms with Gasteiger partial charge in [-0.1, -0.05) is 6.92 Å². The Morgan fingerprint density at radius 2 is 2.04 bits per heavy atom. The average Bonchev–Trinajstić information content (AvgIpc) is 3.04. The van der Waals surface area contributed by atoms with Crippen LogP contribution in [0.25, 0.3) is 11.0 Å². The Bertz CT molecular complexity index is 1060. The normalized spacial score (nSPS) is 12.3. The van der Waals surface area contributed by atoms with Crippen LogP contribution in [0, 0.1) is 0 Å². The highest BCUT2D eigenvalue weighted by atomic mass is 32.2. The van der Waals surface area contributed by atoms with Gasteiger partial charge >= 0.3 is 6.18 Å². The number of alkyl halides is 3. The van der Waals surface area contributed by atoms with Gasteiger partial charge < -0.3 is 9.72 Å². The van der Waals surface area contributed by atoms with E-state index in [0.29, 0.717) is 17.5 Å². The standard InChI is InChI=1S/C17H16F3N3O3S/c1-2-8-26-14-6-5-11(17(18,19)20)9-13(14)23-27(24,25)15-10-22-16-12(15)4-3-7-21-16/h3-7,9-10,23H,2,8H2,1H3,(H,21,22). The topological polar surface area (TPSA) is 84.1 Å². The molecular weight excluding hydrogens is 383 g/mol. The zero-order chi connectivity index (χ0) is 19.7. The molecule has 2 N–H and O–H groups in total. The molecule has 1 aromatic carbocycles. The van der Waals surface area contributed by atoms with Crippen LogP contribution in [0.2, 0.25) is 0 Å². The van der Waals surface area contributed by atoms with E-state index in [1.165, 1.54) is 12.4 Å². The van der Waals surface area contributed by atoms with Crippen LogP contribution in [0.5, 0.6) is 5.75 Å². The maximum Gasteiger partial charge on any atom is 0.416 e. The van der Waals surface area contributed by atoms with Crippen molar-refractivity contribution >= 4 is 26.7 Å². The van der Waals surface area contributed by atoms with Crippen LogP contribution < -0.4 is 9.46 Å². The highest BCUT2D eigenvalue weighted by molar-refractivity contribution is 7.93. The summed E-state index contributed by atoms with van der Waals surface area (Å²) in [6.07, 6.45) is -1.28. The number of aromatic amines is 1. The number of pyridine rings is 1. The van der Waals surface area contributed by atoms with Crippen molar-refractivity contribution in [2.75, 3.05) is 11.3 Å². The summed E-state index contributed by atoms with van der Waals surface area (Å²) in [5.74, 6) is 0.0198. The number of rotatable bonds is 6. The maximum absolute atomic E-state index is 13.0. The van der Waals surface area contributed by atoms with Crippen molar-refractivity contribution < 1.29 is 26.3 Å². The molecule has 2 aromatic heterocycles. The lowest BCUT2D eigenvalue weighted by Crippen LogP contribution is -2.15. The number of sulfonamides is 1. The molecule has 0 unspecified atom stereocenters. The van der Waals surface area contributed by atoms with E-state index in [4.69, 9.17) is 4.74 Å². The first kappa shape index (κ1) is 19.0. The van der Waals surface area contributed by atoms with Crippen molar-refractivity contribution in [2.24, 2.45) is 0 Å². The van der Waals surface area contributed by atoms with Crippen LogP contribution in [-0.4, -0.2) is 25.0 Å². The van der Waals surface area contributed by atoms with Gasteiger partial charge in [0.05, 0.1) is 17.9 Å². The Morgan fingerprint density at radius 3 is 2.74 bits per heavy atom. The first-order valence-electron chi connectivity index (χ1n) is 8.01. The predicted molar refractivity (Wildman–Crippen MR) is 94.1 cm³/mol. The van der Waals surface area contributed by atoms with Gasteiger partial charge in [-0.2, -0.15) is 13.2 Å². The van der Waals surface area contributed by atoms with E-state index in [1.54, 1.807) is 12.1 Å². The Hall–Kier alpha value is -2.75. The lowest BCUT2D eigenvalue weighted by atomic mass is 10.2. The summed E-state index contributed by atoms with van der Waals surface area (Å²) >= 11 is 0. The number of fused-ring (bicyclic) bond motifs is 1. The summed E-state index contributed by atoms with van der Waals surface area (Å²) in [6, 6.07) is 5.78. The van der Waals surface area contributed by atoms with Gasteiger partial charge in [0.25, 0.3) is 10.0 Å². The molecule has 6 nitrogen and oxygen atoms in total. The molecule has 0 aliphatic rings. The molecule has 0 amide bonds. The Kier molecular flexibility index (Phi) is 5.01. The predicted octanol–water partition coefficient (Wildman–Crippen LogP) is 4.17. The third kappa shape index (κ3) is 4.00. The van der Waals surface area contributed by atoms with Gasteiger partial charge in [0.2, 0.25) is 0 Å². The third-order valence-electron chi connectivity index (χ3n) is 3.72. The fourth-order valence-electron chi connectivity index (χ4n) is 2.48. The monoisotopic (exact) mass is 399 g/mol. The molecule has 3 rings (SSSR count). The molecule has 0 aliphatic carbocycles. The SMILES string of the molecule is CCCOc1ccc(C(F)(F)F)cc1NS(=O)(=O)c1c[nH]c2ncccc12. The minimum atomic E-state index is -4.62. The van der Waals surface area contributed by atoms with Crippen LogP contribution in [-0.2, 0) is 16.2 Å². The minimum absolute atomic E-state index is 0.0198. The molecule has 0 saturated heterocycles. The van der Waals surface area contributed by atoms with Crippen LogP contribution in [0.15, 0.2) is 47.6 Å². The van der Waals surface area contributed by atoms with Crippen LogP contribution in [0.1, 0.15) is 18.9 Å². The molecule has 0 radical (unpaired) electrons. The maximum atomic E-state index is 13.0. The number of aromatic nitrogens is 2. The van der Waals surface area contributed by atoms with Crippen molar-refractivity contribution in [3.63, 3.8) is 0 Å². The molecular formula is C17H16F3N3O3S. The zero-order valence-corrected chi connectivity index (χ0v) is 15.0. The molecule has 27 heavy (non-hydrogen) atoms.